The standard InChI is InChI=1S/C23H29N5O3/c24-18(29)5-4-16-20(21(25)30)27-19-3-1-2-17(28(16)19)22(31)26-12-23-9-13-6-14(10-23)8-15(7-13)11-23/h1-3,13-15H,4-12H2,(H2,24,29)(H2,25,30)(H,26,31). The lowest BCUT2D eigenvalue weighted by Crippen LogP contribution is -2.51. The molecule has 0 radical (unpaired) electrons. The van der Waals surface area contributed by atoms with Crippen LogP contribution in [0.1, 0.15) is 71.6 Å². The number of nitrogens with one attached hydrogen (secondary N) is 1. The molecule has 4 bridgehead atoms. The minimum atomic E-state index is -0.692. The van der Waals surface area contributed by atoms with Gasteiger partial charge in [0.05, 0.1) is 5.69 Å². The smallest absolute Gasteiger partial charge is 0.269 e. The van der Waals surface area contributed by atoms with Gasteiger partial charge in [-0.15, -0.1) is 0 Å². The van der Waals surface area contributed by atoms with E-state index in [1.54, 1.807) is 22.6 Å². The van der Waals surface area contributed by atoms with E-state index in [-0.39, 0.29) is 29.9 Å². The van der Waals surface area contributed by atoms with Crippen molar-refractivity contribution in [1.29, 1.82) is 0 Å². The van der Waals surface area contributed by atoms with Crippen molar-refractivity contribution in [3.05, 3.63) is 35.3 Å². The number of aryl methyl sites for hydroxylation is 1. The Bertz CT molecular complexity index is 1040. The van der Waals surface area contributed by atoms with E-state index in [9.17, 15) is 14.4 Å². The van der Waals surface area contributed by atoms with Gasteiger partial charge in [-0.1, -0.05) is 6.07 Å². The molecule has 0 aliphatic heterocycles. The van der Waals surface area contributed by atoms with Crippen molar-refractivity contribution in [1.82, 2.24) is 14.7 Å². The van der Waals surface area contributed by atoms with Crippen LogP contribution in [0.5, 0.6) is 0 Å². The summed E-state index contributed by atoms with van der Waals surface area (Å²) in [5.74, 6) is 1.07. The highest BCUT2D eigenvalue weighted by atomic mass is 16.2. The van der Waals surface area contributed by atoms with Gasteiger partial charge in [-0.2, -0.15) is 0 Å². The van der Waals surface area contributed by atoms with Crippen LogP contribution in [-0.2, 0) is 11.2 Å². The quantitative estimate of drug-likeness (QED) is 0.626. The summed E-state index contributed by atoms with van der Waals surface area (Å²) >= 11 is 0. The van der Waals surface area contributed by atoms with E-state index in [1.165, 1.54) is 38.5 Å². The molecule has 4 aliphatic rings. The van der Waals surface area contributed by atoms with Gasteiger partial charge in [0.25, 0.3) is 11.8 Å². The molecule has 4 saturated carbocycles. The van der Waals surface area contributed by atoms with Crippen molar-refractivity contribution < 1.29 is 14.4 Å². The Balaban J connectivity index is 1.42. The third kappa shape index (κ3) is 3.58. The van der Waals surface area contributed by atoms with Crippen LogP contribution < -0.4 is 16.8 Å². The van der Waals surface area contributed by atoms with Crippen LogP contribution in [-0.4, -0.2) is 33.7 Å². The molecule has 3 amide bonds. The Morgan fingerprint density at radius 1 is 1.06 bits per heavy atom. The van der Waals surface area contributed by atoms with Gasteiger partial charge in [-0.25, -0.2) is 4.98 Å². The molecule has 4 aliphatic carbocycles. The van der Waals surface area contributed by atoms with Crippen molar-refractivity contribution in [2.24, 2.45) is 34.6 Å². The highest BCUT2D eigenvalue weighted by Crippen LogP contribution is 2.59. The van der Waals surface area contributed by atoms with E-state index >= 15 is 0 Å². The monoisotopic (exact) mass is 423 g/mol. The van der Waals surface area contributed by atoms with Gasteiger partial charge in [0.2, 0.25) is 5.91 Å². The van der Waals surface area contributed by atoms with E-state index in [0.717, 1.165) is 17.8 Å². The number of rotatable bonds is 7. The molecule has 2 aromatic heterocycles. The van der Waals surface area contributed by atoms with Gasteiger partial charge in [0.15, 0.2) is 0 Å². The van der Waals surface area contributed by atoms with Crippen molar-refractivity contribution in [3.63, 3.8) is 0 Å². The highest BCUT2D eigenvalue weighted by Gasteiger charge is 2.50. The number of aromatic nitrogens is 2. The maximum Gasteiger partial charge on any atom is 0.269 e. The molecule has 2 heterocycles. The van der Waals surface area contributed by atoms with Gasteiger partial charge < -0.3 is 16.8 Å². The Labute approximate surface area is 180 Å². The van der Waals surface area contributed by atoms with Crippen LogP contribution >= 0.6 is 0 Å². The molecule has 4 fully saturated rings. The minimum Gasteiger partial charge on any atom is -0.370 e. The molecular weight excluding hydrogens is 394 g/mol. The number of carbonyl (C=O) groups is 3. The molecule has 8 heteroatoms. The van der Waals surface area contributed by atoms with Crippen LogP contribution in [0.15, 0.2) is 18.2 Å². The van der Waals surface area contributed by atoms with Gasteiger partial charge in [-0.3, -0.25) is 18.8 Å². The van der Waals surface area contributed by atoms with E-state index in [1.807, 2.05) is 0 Å². The second-order valence-electron chi connectivity index (χ2n) is 9.94. The van der Waals surface area contributed by atoms with E-state index in [2.05, 4.69) is 10.3 Å². The highest BCUT2D eigenvalue weighted by molar-refractivity contribution is 5.96. The number of nitrogens with two attached hydrogens (primary N) is 2. The molecule has 0 unspecified atom stereocenters. The van der Waals surface area contributed by atoms with E-state index in [0.29, 0.717) is 23.6 Å². The van der Waals surface area contributed by atoms with E-state index < -0.39 is 11.8 Å². The largest absolute Gasteiger partial charge is 0.370 e. The fraction of sp³-hybridized carbons (Fsp3) is 0.565. The normalized spacial score (nSPS) is 28.7. The number of carbonyl (C=O) groups excluding carboxylic acids is 3. The number of nitrogens with zero attached hydrogens (tertiary/aromatic N) is 2. The first kappa shape index (κ1) is 20.0. The zero-order chi connectivity index (χ0) is 21.8. The Morgan fingerprint density at radius 3 is 2.29 bits per heavy atom. The fourth-order valence-corrected chi connectivity index (χ4v) is 6.86. The van der Waals surface area contributed by atoms with Gasteiger partial charge >= 0.3 is 0 Å². The first-order chi connectivity index (χ1) is 14.8. The number of primary amides is 2. The predicted octanol–water partition coefficient (Wildman–Crippen LogP) is 1.80. The van der Waals surface area contributed by atoms with Crippen molar-refractivity contribution in [2.75, 3.05) is 6.54 Å². The molecule has 8 nitrogen and oxygen atoms in total. The molecule has 2 aromatic rings. The number of hydrogen-bond acceptors (Lipinski definition) is 4. The van der Waals surface area contributed by atoms with Crippen molar-refractivity contribution in [2.45, 2.75) is 51.4 Å². The zero-order valence-electron chi connectivity index (χ0n) is 17.6. The number of imidazole rings is 1. The Hall–Kier alpha value is -2.90. The van der Waals surface area contributed by atoms with Crippen molar-refractivity contribution in [3.8, 4) is 0 Å². The molecule has 0 atom stereocenters. The summed E-state index contributed by atoms with van der Waals surface area (Å²) in [6, 6.07) is 5.17. The number of fused-ring (bicyclic) bond motifs is 1. The first-order valence-corrected chi connectivity index (χ1v) is 11.2. The third-order valence-electron chi connectivity index (χ3n) is 7.60. The summed E-state index contributed by atoms with van der Waals surface area (Å²) in [6.07, 6.45) is 7.95. The summed E-state index contributed by atoms with van der Waals surface area (Å²) < 4.78 is 1.64. The third-order valence-corrected chi connectivity index (χ3v) is 7.60. The lowest BCUT2D eigenvalue weighted by atomic mass is 9.49. The molecule has 164 valence electrons. The second kappa shape index (κ2) is 7.35. The van der Waals surface area contributed by atoms with Crippen molar-refractivity contribution >= 4 is 23.4 Å². The first-order valence-electron chi connectivity index (χ1n) is 11.2. The van der Waals surface area contributed by atoms with Gasteiger partial charge in [-0.05, 0) is 80.2 Å². The predicted molar refractivity (Wildman–Crippen MR) is 114 cm³/mol. The zero-order valence-corrected chi connectivity index (χ0v) is 17.6. The van der Waals surface area contributed by atoms with E-state index in [4.69, 9.17) is 11.5 Å². The number of pyridine rings is 1. The average molecular weight is 424 g/mol. The number of hydrogen-bond donors (Lipinski definition) is 3. The molecule has 5 N–H and O–H groups in total. The molecule has 0 saturated heterocycles. The topological polar surface area (TPSA) is 133 Å². The van der Waals surface area contributed by atoms with Crippen LogP contribution in [0.4, 0.5) is 0 Å². The second-order valence-corrected chi connectivity index (χ2v) is 9.94. The fourth-order valence-electron chi connectivity index (χ4n) is 6.86. The van der Waals surface area contributed by atoms with Crippen LogP contribution in [0.3, 0.4) is 0 Å². The SMILES string of the molecule is NC(=O)CCc1c(C(N)=O)nc2cccc(C(=O)NCC34CC5CC(CC(C5)C3)C4)n12. The maximum atomic E-state index is 13.3. The van der Waals surface area contributed by atoms with Gasteiger partial charge in [0, 0.05) is 13.0 Å². The number of amides is 3. The summed E-state index contributed by atoms with van der Waals surface area (Å²) in [7, 11) is 0. The maximum absolute atomic E-state index is 13.3. The summed E-state index contributed by atoms with van der Waals surface area (Å²) in [5, 5.41) is 3.18. The average Bonchev–Trinajstić information content (AvgIpc) is 3.08. The Kier molecular flexibility index (Phi) is 4.75. The van der Waals surface area contributed by atoms with Crippen LogP contribution in [0.2, 0.25) is 0 Å². The summed E-state index contributed by atoms with van der Waals surface area (Å²) in [6.45, 7) is 0.680. The van der Waals surface area contributed by atoms with Crippen LogP contribution in [0, 0.1) is 23.2 Å². The van der Waals surface area contributed by atoms with Crippen LogP contribution in [0.25, 0.3) is 5.65 Å². The Morgan fingerprint density at radius 2 is 1.71 bits per heavy atom. The lowest BCUT2D eigenvalue weighted by Gasteiger charge is -2.56. The minimum absolute atomic E-state index is 0.0390. The summed E-state index contributed by atoms with van der Waals surface area (Å²) in [5.41, 5.74) is 12.4. The molecule has 0 spiro atoms. The molecule has 31 heavy (non-hydrogen) atoms. The molecular formula is C23H29N5O3. The molecule has 6 rings (SSSR count). The molecule has 0 aromatic carbocycles. The summed E-state index contributed by atoms with van der Waals surface area (Å²) in [4.78, 5) is 40.8. The lowest BCUT2D eigenvalue weighted by molar-refractivity contribution is -0.118. The van der Waals surface area contributed by atoms with Gasteiger partial charge in [0.1, 0.15) is 17.0 Å².